The van der Waals surface area contributed by atoms with Gasteiger partial charge in [0.1, 0.15) is 0 Å². The van der Waals surface area contributed by atoms with E-state index in [-0.39, 0.29) is 6.61 Å². The largest absolute Gasteiger partial charge is 0.395 e. The fraction of sp³-hybridized carbons (Fsp3) is 0.474. The van der Waals surface area contributed by atoms with Crippen molar-refractivity contribution in [1.82, 2.24) is 9.80 Å². The summed E-state index contributed by atoms with van der Waals surface area (Å²) < 4.78 is 0. The number of aliphatic hydroxyl groups excluding tert-OH is 1. The first-order chi connectivity index (χ1) is 12.7. The van der Waals surface area contributed by atoms with Crippen LogP contribution in [0.5, 0.6) is 0 Å². The number of fused-ring (bicyclic) bond motifs is 2. The lowest BCUT2D eigenvalue weighted by Crippen LogP contribution is -2.47. The van der Waals surface area contributed by atoms with E-state index in [4.69, 9.17) is 16.7 Å². The molecule has 2 aliphatic heterocycles. The van der Waals surface area contributed by atoms with Crippen molar-refractivity contribution in [2.45, 2.75) is 16.2 Å². The number of anilines is 2. The maximum Gasteiger partial charge on any atom is 0.0661 e. The minimum Gasteiger partial charge on any atom is -0.395 e. The van der Waals surface area contributed by atoms with Crippen LogP contribution in [0.3, 0.4) is 0 Å². The summed E-state index contributed by atoms with van der Waals surface area (Å²) in [7, 11) is 0. The van der Waals surface area contributed by atoms with Crippen LogP contribution < -0.4 is 4.90 Å². The van der Waals surface area contributed by atoms with Gasteiger partial charge < -0.3 is 14.9 Å². The van der Waals surface area contributed by atoms with Crippen molar-refractivity contribution >= 4 is 46.1 Å². The summed E-state index contributed by atoms with van der Waals surface area (Å²) in [6, 6.07) is 6.21. The van der Waals surface area contributed by atoms with Gasteiger partial charge >= 0.3 is 0 Å². The fourth-order valence-corrected chi connectivity index (χ4v) is 5.87. The second-order valence-electron chi connectivity index (χ2n) is 6.75. The van der Waals surface area contributed by atoms with Crippen LogP contribution in [0.1, 0.15) is 6.42 Å². The third kappa shape index (κ3) is 4.06. The Morgan fingerprint density at radius 1 is 0.923 bits per heavy atom. The Bertz CT molecular complexity index is 746. The van der Waals surface area contributed by atoms with E-state index in [0.717, 1.165) is 57.3 Å². The molecule has 3 heterocycles. The lowest BCUT2D eigenvalue weighted by atomic mass is 10.2. The van der Waals surface area contributed by atoms with Gasteiger partial charge in [0.25, 0.3) is 0 Å². The molecule has 2 aliphatic rings. The first kappa shape index (κ1) is 18.6. The molecular weight excluding hydrogens is 386 g/mol. The molecule has 26 heavy (non-hydrogen) atoms. The molecule has 0 radical (unpaired) electrons. The molecule has 7 heteroatoms. The zero-order valence-corrected chi connectivity index (χ0v) is 17.1. The lowest BCUT2D eigenvalue weighted by Gasteiger charge is -2.35. The Hall–Kier alpha value is -0.760. The van der Waals surface area contributed by atoms with Crippen molar-refractivity contribution < 1.29 is 5.11 Å². The highest BCUT2D eigenvalue weighted by Crippen LogP contribution is 2.50. The molecule has 0 amide bonds. The molecule has 1 aromatic heterocycles. The second-order valence-corrected chi connectivity index (χ2v) is 9.01. The number of halogens is 1. The van der Waals surface area contributed by atoms with Gasteiger partial charge in [-0.1, -0.05) is 23.4 Å². The van der Waals surface area contributed by atoms with E-state index in [1.54, 1.807) is 11.3 Å². The molecule has 1 N–H and O–H groups in total. The lowest BCUT2D eigenvalue weighted by molar-refractivity contribution is 0.112. The summed E-state index contributed by atoms with van der Waals surface area (Å²) >= 11 is 9.88. The van der Waals surface area contributed by atoms with Crippen LogP contribution in [0.25, 0.3) is 0 Å². The molecule has 0 atom stereocenters. The van der Waals surface area contributed by atoms with Gasteiger partial charge in [-0.25, -0.2) is 0 Å². The Morgan fingerprint density at radius 2 is 1.69 bits per heavy atom. The molecule has 0 bridgehead atoms. The van der Waals surface area contributed by atoms with Crippen LogP contribution >= 0.6 is 34.7 Å². The number of hydrogen-bond donors (Lipinski definition) is 1. The van der Waals surface area contributed by atoms with Crippen LogP contribution in [0.4, 0.5) is 11.4 Å². The average molecular weight is 410 g/mol. The van der Waals surface area contributed by atoms with Crippen molar-refractivity contribution in [2.75, 3.05) is 57.3 Å². The molecule has 0 spiro atoms. The van der Waals surface area contributed by atoms with E-state index >= 15 is 0 Å². The highest BCUT2D eigenvalue weighted by molar-refractivity contribution is 7.99. The van der Waals surface area contributed by atoms with Crippen LogP contribution in [0.2, 0.25) is 5.02 Å². The van der Waals surface area contributed by atoms with Gasteiger partial charge in [0.15, 0.2) is 0 Å². The third-order valence-corrected chi connectivity index (χ3v) is 7.29. The van der Waals surface area contributed by atoms with Crippen LogP contribution in [0.15, 0.2) is 38.8 Å². The van der Waals surface area contributed by atoms with Gasteiger partial charge in [0.2, 0.25) is 0 Å². The summed E-state index contributed by atoms with van der Waals surface area (Å²) in [5, 5.41) is 14.4. The standard InChI is InChI=1S/C19H24ClN3OS2/c20-15-2-3-18-16(12-15)23(17-13-25-14-19(17)26-18)5-1-4-21-6-8-22(9-7-21)10-11-24/h2-3,12-14,24H,1,4-11H2. The average Bonchev–Trinajstić information content (AvgIpc) is 3.11. The molecule has 0 unspecified atom stereocenters. The van der Waals surface area contributed by atoms with Crippen molar-refractivity contribution in [1.29, 1.82) is 0 Å². The van der Waals surface area contributed by atoms with E-state index in [2.05, 4.69) is 37.6 Å². The van der Waals surface area contributed by atoms with E-state index in [1.807, 2.05) is 17.8 Å². The SMILES string of the molecule is OCCN1CCN(CCCN2c3cscc3Sc3ccc(Cl)cc32)CC1. The Morgan fingerprint density at radius 3 is 2.46 bits per heavy atom. The van der Waals surface area contributed by atoms with Gasteiger partial charge in [-0.05, 0) is 31.2 Å². The van der Waals surface area contributed by atoms with E-state index in [0.29, 0.717) is 0 Å². The molecule has 140 valence electrons. The Kier molecular flexibility index (Phi) is 6.08. The quantitative estimate of drug-likeness (QED) is 0.778. The minimum atomic E-state index is 0.262. The number of thiophene rings is 1. The summed E-state index contributed by atoms with van der Waals surface area (Å²) in [6.07, 6.45) is 1.13. The molecule has 4 nitrogen and oxygen atoms in total. The number of nitrogens with zero attached hydrogens (tertiary/aromatic N) is 3. The monoisotopic (exact) mass is 409 g/mol. The first-order valence-electron chi connectivity index (χ1n) is 9.11. The normalized spacial score (nSPS) is 18.0. The fourth-order valence-electron chi connectivity index (χ4n) is 3.66. The van der Waals surface area contributed by atoms with Gasteiger partial charge in [0.05, 0.1) is 18.0 Å². The minimum absolute atomic E-state index is 0.262. The van der Waals surface area contributed by atoms with Crippen molar-refractivity contribution in [3.05, 3.63) is 34.0 Å². The zero-order chi connectivity index (χ0) is 17.9. The summed E-state index contributed by atoms with van der Waals surface area (Å²) in [5.41, 5.74) is 2.56. The van der Waals surface area contributed by atoms with Gasteiger partial charge in [-0.2, -0.15) is 0 Å². The van der Waals surface area contributed by atoms with Gasteiger partial charge in [0, 0.05) is 64.8 Å². The Balaban J connectivity index is 1.38. The maximum absolute atomic E-state index is 9.06. The second kappa shape index (κ2) is 8.50. The van der Waals surface area contributed by atoms with Gasteiger partial charge in [-0.15, -0.1) is 11.3 Å². The number of aliphatic hydroxyl groups is 1. The highest BCUT2D eigenvalue weighted by Gasteiger charge is 2.24. The highest BCUT2D eigenvalue weighted by atomic mass is 35.5. The van der Waals surface area contributed by atoms with Gasteiger partial charge in [-0.3, -0.25) is 4.90 Å². The van der Waals surface area contributed by atoms with Crippen molar-refractivity contribution in [3.8, 4) is 0 Å². The predicted molar refractivity (Wildman–Crippen MR) is 111 cm³/mol. The van der Waals surface area contributed by atoms with Crippen LogP contribution in [-0.2, 0) is 0 Å². The van der Waals surface area contributed by atoms with E-state index < -0.39 is 0 Å². The molecule has 1 aromatic carbocycles. The van der Waals surface area contributed by atoms with Crippen molar-refractivity contribution in [2.24, 2.45) is 0 Å². The number of hydrogen-bond acceptors (Lipinski definition) is 6. The smallest absolute Gasteiger partial charge is 0.0661 e. The molecule has 0 saturated carbocycles. The number of piperazine rings is 1. The first-order valence-corrected chi connectivity index (χ1v) is 11.2. The van der Waals surface area contributed by atoms with Crippen molar-refractivity contribution in [3.63, 3.8) is 0 Å². The molecule has 1 fully saturated rings. The third-order valence-electron chi connectivity index (χ3n) is 5.07. The van der Waals surface area contributed by atoms with Crippen LogP contribution in [-0.4, -0.2) is 67.3 Å². The molecule has 0 aliphatic carbocycles. The number of β-amino-alcohol motifs (C(OH)–C–C–N with tert-alkyl or cyclic N) is 1. The molecule has 2 aromatic rings. The predicted octanol–water partition coefficient (Wildman–Crippen LogP) is 4.00. The summed E-state index contributed by atoms with van der Waals surface area (Å²) in [4.78, 5) is 9.96. The van der Waals surface area contributed by atoms with E-state index in [9.17, 15) is 0 Å². The maximum atomic E-state index is 9.06. The summed E-state index contributed by atoms with van der Waals surface area (Å²) in [5.74, 6) is 0. The molecule has 1 saturated heterocycles. The zero-order valence-electron chi connectivity index (χ0n) is 14.7. The molecular formula is C19H24ClN3OS2. The summed E-state index contributed by atoms with van der Waals surface area (Å²) in [6.45, 7) is 7.52. The Labute approximate surface area is 168 Å². The van der Waals surface area contributed by atoms with Crippen LogP contribution in [0, 0.1) is 0 Å². The topological polar surface area (TPSA) is 30.0 Å². The molecule has 4 rings (SSSR count). The van der Waals surface area contributed by atoms with E-state index in [1.165, 1.54) is 21.2 Å². The number of benzene rings is 1. The number of rotatable bonds is 6.